The maximum atomic E-state index is 12.4. The number of nitrogens with zero attached hydrogens (tertiary/aromatic N) is 1. The van der Waals surface area contributed by atoms with Crippen LogP contribution in [0.25, 0.3) is 0 Å². The van der Waals surface area contributed by atoms with E-state index in [9.17, 15) is 9.59 Å². The summed E-state index contributed by atoms with van der Waals surface area (Å²) in [5.41, 5.74) is 1.02. The summed E-state index contributed by atoms with van der Waals surface area (Å²) in [6.07, 6.45) is -0.917. The zero-order valence-corrected chi connectivity index (χ0v) is 11.8. The van der Waals surface area contributed by atoms with Gasteiger partial charge >= 0.3 is 5.97 Å². The fourth-order valence-corrected chi connectivity index (χ4v) is 3.09. The van der Waals surface area contributed by atoms with E-state index in [1.165, 1.54) is 11.3 Å². The van der Waals surface area contributed by atoms with E-state index in [0.717, 1.165) is 5.56 Å². The van der Waals surface area contributed by atoms with Gasteiger partial charge in [-0.25, -0.2) is 4.79 Å². The number of carboxylic acids is 1. The molecule has 0 aliphatic carbocycles. The maximum Gasteiger partial charge on any atom is 0.334 e. The van der Waals surface area contributed by atoms with Gasteiger partial charge in [0.2, 0.25) is 0 Å². The van der Waals surface area contributed by atoms with Crippen LogP contribution in [0.4, 0.5) is 0 Å². The third-order valence-electron chi connectivity index (χ3n) is 3.14. The number of carboxylic acid groups (broad SMARTS) is 1. The van der Waals surface area contributed by atoms with Crippen molar-refractivity contribution in [1.29, 1.82) is 0 Å². The molecule has 1 aromatic rings. The molecule has 0 saturated carbocycles. The van der Waals surface area contributed by atoms with E-state index < -0.39 is 12.1 Å². The molecular weight excluding hydrogens is 266 g/mol. The van der Waals surface area contributed by atoms with Gasteiger partial charge in [0.15, 0.2) is 6.10 Å². The van der Waals surface area contributed by atoms with Crippen molar-refractivity contribution in [3.8, 4) is 0 Å². The second-order valence-corrected chi connectivity index (χ2v) is 5.72. The Kier molecular flexibility index (Phi) is 4.21. The quantitative estimate of drug-likeness (QED) is 0.918. The predicted molar refractivity (Wildman–Crippen MR) is 71.7 cm³/mol. The molecule has 19 heavy (non-hydrogen) atoms. The lowest BCUT2D eigenvalue weighted by Crippen LogP contribution is -2.48. The topological polar surface area (TPSA) is 66.8 Å². The number of ether oxygens (including phenoxy) is 1. The number of rotatable bonds is 3. The van der Waals surface area contributed by atoms with E-state index in [2.05, 4.69) is 0 Å². The molecule has 5 nitrogen and oxygen atoms in total. The highest BCUT2D eigenvalue weighted by Crippen LogP contribution is 2.26. The summed E-state index contributed by atoms with van der Waals surface area (Å²) < 4.78 is 5.12. The number of hydrogen-bond donors (Lipinski definition) is 1. The highest BCUT2D eigenvalue weighted by Gasteiger charge is 2.30. The summed E-state index contributed by atoms with van der Waals surface area (Å²) in [5.74, 6) is -0.831. The molecule has 0 radical (unpaired) electrons. The second kappa shape index (κ2) is 5.71. The lowest BCUT2D eigenvalue weighted by Gasteiger charge is -2.31. The summed E-state index contributed by atoms with van der Waals surface area (Å²) >= 11 is 1.41. The van der Waals surface area contributed by atoms with E-state index in [1.54, 1.807) is 4.90 Å². The molecule has 0 unspecified atom stereocenters. The number of morpholine rings is 1. The molecule has 0 aromatic carbocycles. The molecule has 1 fully saturated rings. The number of carbonyl (C=O) groups is 2. The molecule has 2 heterocycles. The predicted octanol–water partition coefficient (Wildman–Crippen LogP) is 1.80. The smallest absolute Gasteiger partial charge is 0.334 e. The lowest BCUT2D eigenvalue weighted by molar-refractivity contribution is -0.154. The maximum absolute atomic E-state index is 12.4. The largest absolute Gasteiger partial charge is 0.479 e. The van der Waals surface area contributed by atoms with Gasteiger partial charge in [-0.1, -0.05) is 13.8 Å². The van der Waals surface area contributed by atoms with Gasteiger partial charge in [-0.05, 0) is 22.9 Å². The minimum Gasteiger partial charge on any atom is -0.479 e. The summed E-state index contributed by atoms with van der Waals surface area (Å²) in [6, 6.07) is 1.96. The Hall–Kier alpha value is -1.40. The average molecular weight is 283 g/mol. The van der Waals surface area contributed by atoms with Gasteiger partial charge in [-0.15, -0.1) is 11.3 Å². The standard InChI is InChI=1S/C13H17NO4S/c1-8(2)9-3-6-19-11(9)12(15)14-4-5-18-10(7-14)13(16)17/h3,6,8,10H,4-5,7H2,1-2H3,(H,16,17)/t10-/m1/s1. The van der Waals surface area contributed by atoms with Crippen LogP contribution in [0.3, 0.4) is 0 Å². The molecular formula is C13H17NO4S. The van der Waals surface area contributed by atoms with Crippen LogP contribution < -0.4 is 0 Å². The lowest BCUT2D eigenvalue weighted by atomic mass is 10.0. The zero-order chi connectivity index (χ0) is 14.0. The first-order chi connectivity index (χ1) is 9.00. The first-order valence-corrected chi connectivity index (χ1v) is 7.09. The zero-order valence-electron chi connectivity index (χ0n) is 11.0. The minimum atomic E-state index is -1.02. The number of aliphatic carboxylic acids is 1. The Labute approximate surface area is 115 Å². The fraction of sp³-hybridized carbons (Fsp3) is 0.538. The second-order valence-electron chi connectivity index (χ2n) is 4.81. The van der Waals surface area contributed by atoms with Crippen LogP contribution in [0, 0.1) is 0 Å². The third-order valence-corrected chi connectivity index (χ3v) is 4.06. The van der Waals surface area contributed by atoms with Crippen molar-refractivity contribution in [2.45, 2.75) is 25.9 Å². The Morgan fingerprint density at radius 2 is 2.26 bits per heavy atom. The molecule has 0 bridgehead atoms. The minimum absolute atomic E-state index is 0.0896. The Morgan fingerprint density at radius 3 is 2.89 bits per heavy atom. The molecule has 1 N–H and O–H groups in total. The van der Waals surface area contributed by atoms with Crippen molar-refractivity contribution < 1.29 is 19.4 Å². The van der Waals surface area contributed by atoms with Crippen LogP contribution >= 0.6 is 11.3 Å². The van der Waals surface area contributed by atoms with Crippen LogP contribution in [0.2, 0.25) is 0 Å². The molecule has 1 aliphatic rings. The van der Waals surface area contributed by atoms with Gasteiger partial charge in [0.1, 0.15) is 0 Å². The Bertz CT molecular complexity index is 483. The van der Waals surface area contributed by atoms with Gasteiger partial charge in [0.05, 0.1) is 18.0 Å². The summed E-state index contributed by atoms with van der Waals surface area (Å²) in [4.78, 5) is 25.6. The SMILES string of the molecule is CC(C)c1ccsc1C(=O)N1CCO[C@@H](C(=O)O)C1. The summed E-state index contributed by atoms with van der Waals surface area (Å²) in [6.45, 7) is 4.91. The highest BCUT2D eigenvalue weighted by atomic mass is 32.1. The first-order valence-electron chi connectivity index (χ1n) is 6.21. The number of amides is 1. The number of carbonyl (C=O) groups excluding carboxylic acids is 1. The molecule has 6 heteroatoms. The first kappa shape index (κ1) is 14.0. The van der Waals surface area contributed by atoms with E-state index >= 15 is 0 Å². The van der Waals surface area contributed by atoms with Crippen molar-refractivity contribution >= 4 is 23.2 Å². The average Bonchev–Trinajstić information content (AvgIpc) is 2.87. The van der Waals surface area contributed by atoms with E-state index in [0.29, 0.717) is 11.4 Å². The van der Waals surface area contributed by atoms with Crippen molar-refractivity contribution in [2.75, 3.05) is 19.7 Å². The van der Waals surface area contributed by atoms with E-state index in [-0.39, 0.29) is 25.0 Å². The van der Waals surface area contributed by atoms with Crippen LogP contribution in [0.5, 0.6) is 0 Å². The Balaban J connectivity index is 2.15. The van der Waals surface area contributed by atoms with Crippen LogP contribution in [-0.2, 0) is 9.53 Å². The van der Waals surface area contributed by atoms with E-state index in [1.807, 2.05) is 25.3 Å². The monoisotopic (exact) mass is 283 g/mol. The molecule has 0 spiro atoms. The fourth-order valence-electron chi connectivity index (χ4n) is 2.07. The normalized spacial score (nSPS) is 19.7. The molecule has 1 amide bonds. The summed E-state index contributed by atoms with van der Waals surface area (Å²) in [7, 11) is 0. The van der Waals surface area contributed by atoms with Crippen LogP contribution in [0.1, 0.15) is 35.0 Å². The Morgan fingerprint density at radius 1 is 1.53 bits per heavy atom. The van der Waals surface area contributed by atoms with Gasteiger partial charge in [0, 0.05) is 6.54 Å². The highest BCUT2D eigenvalue weighted by molar-refractivity contribution is 7.12. The van der Waals surface area contributed by atoms with Crippen LogP contribution in [0.15, 0.2) is 11.4 Å². The van der Waals surface area contributed by atoms with Gasteiger partial charge < -0.3 is 14.7 Å². The summed E-state index contributed by atoms with van der Waals surface area (Å²) in [5, 5.41) is 10.9. The molecule has 1 atom stereocenters. The molecule has 2 rings (SSSR count). The van der Waals surface area contributed by atoms with Gasteiger partial charge in [0.25, 0.3) is 5.91 Å². The van der Waals surface area contributed by atoms with Crippen molar-refractivity contribution in [1.82, 2.24) is 4.90 Å². The number of hydrogen-bond acceptors (Lipinski definition) is 4. The van der Waals surface area contributed by atoms with Gasteiger partial charge in [-0.3, -0.25) is 4.79 Å². The third kappa shape index (κ3) is 2.96. The number of thiophene rings is 1. The van der Waals surface area contributed by atoms with Crippen molar-refractivity contribution in [3.63, 3.8) is 0 Å². The van der Waals surface area contributed by atoms with Gasteiger partial charge in [-0.2, -0.15) is 0 Å². The molecule has 1 saturated heterocycles. The van der Waals surface area contributed by atoms with Crippen LogP contribution in [-0.4, -0.2) is 47.7 Å². The molecule has 104 valence electrons. The van der Waals surface area contributed by atoms with Crippen molar-refractivity contribution in [3.05, 3.63) is 21.9 Å². The molecule has 1 aliphatic heterocycles. The molecule has 1 aromatic heterocycles. The van der Waals surface area contributed by atoms with Crippen molar-refractivity contribution in [2.24, 2.45) is 0 Å². The van der Waals surface area contributed by atoms with E-state index in [4.69, 9.17) is 9.84 Å².